The first-order chi connectivity index (χ1) is 15.4. The third-order valence-electron chi connectivity index (χ3n) is 4.50. The number of carbonyl (C=O) groups excluding carboxylic acids is 2. The molecule has 0 fully saturated rings. The van der Waals surface area contributed by atoms with E-state index in [9.17, 15) is 9.59 Å². The zero-order valence-electron chi connectivity index (χ0n) is 17.9. The summed E-state index contributed by atoms with van der Waals surface area (Å²) in [4.78, 5) is 24.2. The summed E-state index contributed by atoms with van der Waals surface area (Å²) < 4.78 is 16.5. The highest BCUT2D eigenvalue weighted by Crippen LogP contribution is 2.31. The summed E-state index contributed by atoms with van der Waals surface area (Å²) in [5.41, 5.74) is 2.30. The Morgan fingerprint density at radius 1 is 0.844 bits per heavy atom. The van der Waals surface area contributed by atoms with Crippen molar-refractivity contribution in [2.24, 2.45) is 0 Å². The predicted octanol–water partition coefficient (Wildman–Crippen LogP) is 5.15. The van der Waals surface area contributed by atoms with Gasteiger partial charge in [0.05, 0.1) is 19.9 Å². The van der Waals surface area contributed by atoms with Crippen LogP contribution in [-0.4, -0.2) is 26.0 Å². The maximum Gasteiger partial charge on any atom is 0.255 e. The van der Waals surface area contributed by atoms with Crippen molar-refractivity contribution in [1.29, 1.82) is 0 Å². The van der Waals surface area contributed by atoms with E-state index in [-0.39, 0.29) is 11.8 Å². The van der Waals surface area contributed by atoms with Crippen molar-refractivity contribution in [3.8, 4) is 17.2 Å². The lowest BCUT2D eigenvalue weighted by Gasteiger charge is -2.14. The molecule has 7 nitrogen and oxygen atoms in total. The van der Waals surface area contributed by atoms with Crippen LogP contribution in [0.1, 0.15) is 22.8 Å². The number of benzene rings is 3. The lowest BCUT2D eigenvalue weighted by Crippen LogP contribution is -2.13. The summed E-state index contributed by atoms with van der Waals surface area (Å²) in [5, 5.41) is 6.13. The predicted molar refractivity (Wildman–Crippen MR) is 124 cm³/mol. The Balaban J connectivity index is 1.73. The third-order valence-corrected chi connectivity index (χ3v) is 4.75. The minimum Gasteiger partial charge on any atom is -0.495 e. The molecule has 0 saturated carbocycles. The number of nitrogens with one attached hydrogen (secondary N) is 2. The monoisotopic (exact) mass is 454 g/mol. The normalized spacial score (nSPS) is 10.2. The fourth-order valence-corrected chi connectivity index (χ4v) is 3.07. The zero-order valence-corrected chi connectivity index (χ0v) is 18.7. The van der Waals surface area contributed by atoms with E-state index in [1.807, 2.05) is 12.1 Å². The van der Waals surface area contributed by atoms with Gasteiger partial charge in [-0.15, -0.1) is 0 Å². The second kappa shape index (κ2) is 10.5. The first-order valence-electron chi connectivity index (χ1n) is 9.72. The van der Waals surface area contributed by atoms with E-state index >= 15 is 0 Å². The first-order valence-corrected chi connectivity index (χ1v) is 10.1. The molecule has 0 aliphatic carbocycles. The van der Waals surface area contributed by atoms with Crippen LogP contribution in [0, 0.1) is 0 Å². The van der Waals surface area contributed by atoms with Gasteiger partial charge in [-0.05, 0) is 54.1 Å². The Bertz CT molecular complexity index is 1120. The molecule has 0 aromatic heterocycles. The molecule has 0 bridgehead atoms. The van der Waals surface area contributed by atoms with Crippen LogP contribution in [0.25, 0.3) is 0 Å². The molecule has 166 valence electrons. The Labute approximate surface area is 191 Å². The highest BCUT2D eigenvalue weighted by atomic mass is 35.5. The molecule has 0 radical (unpaired) electrons. The molecule has 2 N–H and O–H groups in total. The molecule has 0 saturated heterocycles. The van der Waals surface area contributed by atoms with Crippen LogP contribution in [0.5, 0.6) is 17.2 Å². The number of carbonyl (C=O) groups is 2. The van der Waals surface area contributed by atoms with Crippen molar-refractivity contribution in [2.45, 2.75) is 13.5 Å². The minimum atomic E-state index is -0.341. The van der Waals surface area contributed by atoms with Crippen LogP contribution in [0.3, 0.4) is 0 Å². The van der Waals surface area contributed by atoms with E-state index in [4.69, 9.17) is 25.8 Å². The molecule has 0 spiro atoms. The maximum absolute atomic E-state index is 12.8. The van der Waals surface area contributed by atoms with Crippen molar-refractivity contribution in [3.05, 3.63) is 76.8 Å². The van der Waals surface area contributed by atoms with Gasteiger partial charge in [-0.25, -0.2) is 0 Å². The standard InChI is InChI=1S/C24H23ClN2O5/c1-15(28)26-20-13-19(9-11-21(20)30-2)27-24(29)17-6-10-22(23(12-17)31-3)32-14-16-4-7-18(25)8-5-16/h4-13H,14H2,1-3H3,(H,26,28)(H,27,29). The molecule has 0 aliphatic heterocycles. The SMILES string of the molecule is COc1ccc(NC(=O)c2ccc(OCc3ccc(Cl)cc3)c(OC)c2)cc1NC(C)=O. The van der Waals surface area contributed by atoms with Gasteiger partial charge in [-0.1, -0.05) is 23.7 Å². The van der Waals surface area contributed by atoms with Crippen molar-refractivity contribution < 1.29 is 23.8 Å². The minimum absolute atomic E-state index is 0.245. The quantitative estimate of drug-likeness (QED) is 0.491. The smallest absolute Gasteiger partial charge is 0.255 e. The summed E-state index contributed by atoms with van der Waals surface area (Å²) >= 11 is 5.90. The van der Waals surface area contributed by atoms with Gasteiger partial charge in [0, 0.05) is 23.2 Å². The average molecular weight is 455 g/mol. The van der Waals surface area contributed by atoms with E-state index in [0.717, 1.165) is 5.56 Å². The number of hydrogen-bond donors (Lipinski definition) is 2. The average Bonchev–Trinajstić information content (AvgIpc) is 2.78. The number of methoxy groups -OCH3 is 2. The Morgan fingerprint density at radius 2 is 1.53 bits per heavy atom. The summed E-state index contributed by atoms with van der Waals surface area (Å²) in [6, 6.07) is 17.2. The van der Waals surface area contributed by atoms with Crippen molar-refractivity contribution in [1.82, 2.24) is 0 Å². The zero-order chi connectivity index (χ0) is 23.1. The Hall–Kier alpha value is -3.71. The molecule has 0 heterocycles. The molecular weight excluding hydrogens is 432 g/mol. The fraction of sp³-hybridized carbons (Fsp3) is 0.167. The molecule has 3 rings (SSSR count). The van der Waals surface area contributed by atoms with Crippen LogP contribution in [0.2, 0.25) is 5.02 Å². The molecule has 3 aromatic rings. The highest BCUT2D eigenvalue weighted by Gasteiger charge is 2.13. The van der Waals surface area contributed by atoms with Crippen molar-refractivity contribution in [2.75, 3.05) is 24.9 Å². The van der Waals surface area contributed by atoms with E-state index in [0.29, 0.717) is 45.8 Å². The molecule has 0 atom stereocenters. The maximum atomic E-state index is 12.8. The van der Waals surface area contributed by atoms with Gasteiger partial charge >= 0.3 is 0 Å². The van der Waals surface area contributed by atoms with Crippen molar-refractivity contribution >= 4 is 34.8 Å². The summed E-state index contributed by atoms with van der Waals surface area (Å²) in [6.45, 7) is 1.73. The lowest BCUT2D eigenvalue weighted by atomic mass is 10.1. The lowest BCUT2D eigenvalue weighted by molar-refractivity contribution is -0.114. The molecule has 2 amide bonds. The van der Waals surface area contributed by atoms with Crippen LogP contribution < -0.4 is 24.8 Å². The third kappa shape index (κ3) is 5.92. The molecule has 3 aromatic carbocycles. The summed E-state index contributed by atoms with van der Waals surface area (Å²) in [7, 11) is 3.01. The summed E-state index contributed by atoms with van der Waals surface area (Å²) in [6.07, 6.45) is 0. The van der Waals surface area contributed by atoms with Gasteiger partial charge in [0.1, 0.15) is 12.4 Å². The number of rotatable bonds is 8. The molecular formula is C24H23ClN2O5. The van der Waals surface area contributed by atoms with Gasteiger partial charge in [0.25, 0.3) is 5.91 Å². The number of ether oxygens (including phenoxy) is 3. The molecule has 8 heteroatoms. The van der Waals surface area contributed by atoms with Crippen LogP contribution in [0.4, 0.5) is 11.4 Å². The van der Waals surface area contributed by atoms with Crippen LogP contribution in [-0.2, 0) is 11.4 Å². The van der Waals surface area contributed by atoms with Gasteiger partial charge in [0.15, 0.2) is 11.5 Å². The second-order valence-corrected chi connectivity index (χ2v) is 7.27. The van der Waals surface area contributed by atoms with Crippen LogP contribution in [0.15, 0.2) is 60.7 Å². The van der Waals surface area contributed by atoms with E-state index < -0.39 is 0 Å². The first kappa shape index (κ1) is 23.0. The number of hydrogen-bond acceptors (Lipinski definition) is 5. The van der Waals surface area contributed by atoms with E-state index in [1.54, 1.807) is 48.5 Å². The molecule has 0 unspecified atom stereocenters. The fourth-order valence-electron chi connectivity index (χ4n) is 2.95. The Kier molecular flexibility index (Phi) is 7.57. The van der Waals surface area contributed by atoms with E-state index in [1.165, 1.54) is 21.1 Å². The molecule has 32 heavy (non-hydrogen) atoms. The van der Waals surface area contributed by atoms with Crippen molar-refractivity contribution in [3.63, 3.8) is 0 Å². The van der Waals surface area contributed by atoms with Gasteiger partial charge < -0.3 is 24.8 Å². The van der Waals surface area contributed by atoms with Gasteiger partial charge in [0.2, 0.25) is 5.91 Å². The largest absolute Gasteiger partial charge is 0.495 e. The van der Waals surface area contributed by atoms with E-state index in [2.05, 4.69) is 10.6 Å². The summed E-state index contributed by atoms with van der Waals surface area (Å²) in [5.74, 6) is 0.843. The number of anilines is 2. The van der Waals surface area contributed by atoms with Gasteiger partial charge in [-0.3, -0.25) is 9.59 Å². The number of amides is 2. The molecule has 0 aliphatic rings. The highest BCUT2D eigenvalue weighted by molar-refractivity contribution is 6.30. The topological polar surface area (TPSA) is 85.9 Å². The second-order valence-electron chi connectivity index (χ2n) is 6.83. The Morgan fingerprint density at radius 3 is 2.19 bits per heavy atom. The number of halogens is 1. The van der Waals surface area contributed by atoms with Gasteiger partial charge in [-0.2, -0.15) is 0 Å². The van der Waals surface area contributed by atoms with Crippen LogP contribution >= 0.6 is 11.6 Å².